The first-order valence-corrected chi connectivity index (χ1v) is 6.83. The zero-order chi connectivity index (χ0) is 14.7. The molecule has 3 aromatic rings. The fourth-order valence-electron chi connectivity index (χ4n) is 2.34. The van der Waals surface area contributed by atoms with Crippen LogP contribution in [-0.2, 0) is 0 Å². The predicted molar refractivity (Wildman–Crippen MR) is 82.0 cm³/mol. The van der Waals surface area contributed by atoms with Gasteiger partial charge in [0.15, 0.2) is 0 Å². The molecule has 4 nitrogen and oxygen atoms in total. The van der Waals surface area contributed by atoms with Gasteiger partial charge in [-0.05, 0) is 11.6 Å². The van der Waals surface area contributed by atoms with Crippen molar-refractivity contribution in [1.82, 2.24) is 10.3 Å². The lowest BCUT2D eigenvalue weighted by Gasteiger charge is -2.11. The number of nitrogens with one attached hydrogen (secondary N) is 2. The van der Waals surface area contributed by atoms with Crippen molar-refractivity contribution in [3.05, 3.63) is 71.9 Å². The van der Waals surface area contributed by atoms with Crippen LogP contribution in [0.25, 0.3) is 10.9 Å². The van der Waals surface area contributed by atoms with Crippen LogP contribution in [0.3, 0.4) is 0 Å². The van der Waals surface area contributed by atoms with Crippen molar-refractivity contribution in [1.29, 1.82) is 0 Å². The van der Waals surface area contributed by atoms with Crippen molar-refractivity contribution in [2.45, 2.75) is 6.10 Å². The van der Waals surface area contributed by atoms with Crippen molar-refractivity contribution in [3.8, 4) is 0 Å². The van der Waals surface area contributed by atoms with Crippen LogP contribution >= 0.6 is 0 Å². The smallest absolute Gasteiger partial charge is 0.253 e. The second-order valence-electron chi connectivity index (χ2n) is 4.88. The summed E-state index contributed by atoms with van der Waals surface area (Å²) in [6, 6.07) is 16.9. The zero-order valence-corrected chi connectivity index (χ0v) is 11.4. The molecule has 0 radical (unpaired) electrons. The monoisotopic (exact) mass is 280 g/mol. The van der Waals surface area contributed by atoms with Crippen LogP contribution in [0, 0.1) is 0 Å². The van der Waals surface area contributed by atoms with Crippen LogP contribution in [0.5, 0.6) is 0 Å². The Labute approximate surface area is 122 Å². The third-order valence-electron chi connectivity index (χ3n) is 3.47. The Morgan fingerprint density at radius 2 is 1.81 bits per heavy atom. The first-order chi connectivity index (χ1) is 10.3. The van der Waals surface area contributed by atoms with E-state index in [1.807, 2.05) is 54.6 Å². The minimum Gasteiger partial charge on any atom is -0.387 e. The molecule has 2 aromatic carbocycles. The maximum absolute atomic E-state index is 12.2. The molecule has 0 aliphatic rings. The third kappa shape index (κ3) is 2.80. The molecule has 0 bridgehead atoms. The molecule has 3 N–H and O–H groups in total. The topological polar surface area (TPSA) is 65.1 Å². The number of carbonyl (C=O) groups is 1. The van der Waals surface area contributed by atoms with Gasteiger partial charge in [-0.25, -0.2) is 0 Å². The molecule has 0 saturated heterocycles. The van der Waals surface area contributed by atoms with E-state index in [1.165, 1.54) is 0 Å². The zero-order valence-electron chi connectivity index (χ0n) is 11.4. The SMILES string of the molecule is O=C(NCC(O)c1ccccc1)c1c[nH]c2ccccc12. The molecule has 0 aliphatic heterocycles. The van der Waals surface area contributed by atoms with Crippen LogP contribution in [0.15, 0.2) is 60.8 Å². The highest BCUT2D eigenvalue weighted by molar-refractivity contribution is 6.06. The molecule has 1 amide bonds. The van der Waals surface area contributed by atoms with Gasteiger partial charge >= 0.3 is 0 Å². The second kappa shape index (κ2) is 5.81. The van der Waals surface area contributed by atoms with E-state index in [2.05, 4.69) is 10.3 Å². The highest BCUT2D eigenvalue weighted by Crippen LogP contribution is 2.18. The number of carbonyl (C=O) groups excluding carboxylic acids is 1. The number of hydrogen-bond acceptors (Lipinski definition) is 2. The molecular weight excluding hydrogens is 264 g/mol. The van der Waals surface area contributed by atoms with Crippen LogP contribution in [0.1, 0.15) is 22.0 Å². The van der Waals surface area contributed by atoms with E-state index < -0.39 is 6.10 Å². The summed E-state index contributed by atoms with van der Waals surface area (Å²) in [5.41, 5.74) is 2.30. The van der Waals surface area contributed by atoms with Crippen molar-refractivity contribution in [3.63, 3.8) is 0 Å². The van der Waals surface area contributed by atoms with Crippen molar-refractivity contribution in [2.24, 2.45) is 0 Å². The molecule has 1 unspecified atom stereocenters. The first-order valence-electron chi connectivity index (χ1n) is 6.83. The molecule has 21 heavy (non-hydrogen) atoms. The number of amides is 1. The van der Waals surface area contributed by atoms with Crippen molar-refractivity contribution >= 4 is 16.8 Å². The number of aromatic nitrogens is 1. The number of H-pyrrole nitrogens is 1. The van der Waals surface area contributed by atoms with E-state index in [1.54, 1.807) is 6.20 Å². The number of rotatable bonds is 4. The number of para-hydroxylation sites is 1. The lowest BCUT2D eigenvalue weighted by molar-refractivity contribution is 0.0918. The van der Waals surface area contributed by atoms with Gasteiger partial charge in [-0.3, -0.25) is 4.79 Å². The molecule has 106 valence electrons. The number of fused-ring (bicyclic) bond motifs is 1. The minimum atomic E-state index is -0.708. The summed E-state index contributed by atoms with van der Waals surface area (Å²) >= 11 is 0. The number of aromatic amines is 1. The summed E-state index contributed by atoms with van der Waals surface area (Å²) in [5, 5.41) is 13.7. The highest BCUT2D eigenvalue weighted by atomic mass is 16.3. The molecule has 0 aliphatic carbocycles. The van der Waals surface area contributed by atoms with Crippen LogP contribution < -0.4 is 5.32 Å². The van der Waals surface area contributed by atoms with Gasteiger partial charge in [-0.1, -0.05) is 48.5 Å². The Bertz CT molecular complexity index is 750. The normalized spacial score (nSPS) is 12.2. The largest absolute Gasteiger partial charge is 0.387 e. The van der Waals surface area contributed by atoms with Crippen LogP contribution in [-0.4, -0.2) is 22.5 Å². The number of benzene rings is 2. The summed E-state index contributed by atoms with van der Waals surface area (Å²) in [6.07, 6.45) is 0.981. The van der Waals surface area contributed by atoms with Crippen molar-refractivity contribution < 1.29 is 9.90 Å². The highest BCUT2D eigenvalue weighted by Gasteiger charge is 2.13. The van der Waals surface area contributed by atoms with E-state index in [0.717, 1.165) is 16.5 Å². The van der Waals surface area contributed by atoms with Gasteiger partial charge in [0, 0.05) is 23.6 Å². The van der Waals surface area contributed by atoms with Crippen molar-refractivity contribution in [2.75, 3.05) is 6.54 Å². The Balaban J connectivity index is 1.70. The molecular formula is C17H16N2O2. The molecule has 4 heteroatoms. The van der Waals surface area contributed by atoms with Gasteiger partial charge in [0.05, 0.1) is 11.7 Å². The van der Waals surface area contributed by atoms with E-state index in [4.69, 9.17) is 0 Å². The van der Waals surface area contributed by atoms with E-state index in [-0.39, 0.29) is 12.5 Å². The molecule has 0 saturated carbocycles. The van der Waals surface area contributed by atoms with Gasteiger partial charge in [0.1, 0.15) is 0 Å². The molecule has 1 atom stereocenters. The molecule has 0 spiro atoms. The van der Waals surface area contributed by atoms with Gasteiger partial charge in [0.25, 0.3) is 5.91 Å². The Kier molecular flexibility index (Phi) is 3.71. The number of hydrogen-bond donors (Lipinski definition) is 3. The molecule has 3 rings (SSSR count). The molecule has 1 heterocycles. The average Bonchev–Trinajstić information content (AvgIpc) is 2.97. The van der Waals surface area contributed by atoms with E-state index >= 15 is 0 Å². The summed E-state index contributed by atoms with van der Waals surface area (Å²) in [4.78, 5) is 15.3. The first kappa shape index (κ1) is 13.4. The maximum Gasteiger partial charge on any atom is 0.253 e. The lowest BCUT2D eigenvalue weighted by atomic mass is 10.1. The second-order valence-corrected chi connectivity index (χ2v) is 4.88. The van der Waals surface area contributed by atoms with Crippen LogP contribution in [0.4, 0.5) is 0 Å². The predicted octanol–water partition coefficient (Wildman–Crippen LogP) is 2.63. The van der Waals surface area contributed by atoms with Crippen LogP contribution in [0.2, 0.25) is 0 Å². The summed E-state index contributed by atoms with van der Waals surface area (Å²) < 4.78 is 0. The number of aliphatic hydroxyl groups excluding tert-OH is 1. The number of aliphatic hydroxyl groups is 1. The lowest BCUT2D eigenvalue weighted by Crippen LogP contribution is -2.28. The van der Waals surface area contributed by atoms with Gasteiger partial charge < -0.3 is 15.4 Å². The van der Waals surface area contributed by atoms with E-state index in [0.29, 0.717) is 5.56 Å². The summed E-state index contributed by atoms with van der Waals surface area (Å²) in [5.74, 6) is -0.192. The van der Waals surface area contributed by atoms with Gasteiger partial charge in [-0.2, -0.15) is 0 Å². The standard InChI is InChI=1S/C17H16N2O2/c20-16(12-6-2-1-3-7-12)11-19-17(21)14-10-18-15-9-5-4-8-13(14)15/h1-10,16,18,20H,11H2,(H,19,21). The van der Waals surface area contributed by atoms with E-state index in [9.17, 15) is 9.90 Å². The van der Waals surface area contributed by atoms with Gasteiger partial charge in [0.2, 0.25) is 0 Å². The fourth-order valence-corrected chi connectivity index (χ4v) is 2.34. The quantitative estimate of drug-likeness (QED) is 0.688. The Morgan fingerprint density at radius 3 is 2.62 bits per heavy atom. The van der Waals surface area contributed by atoms with Gasteiger partial charge in [-0.15, -0.1) is 0 Å². The summed E-state index contributed by atoms with van der Waals surface area (Å²) in [6.45, 7) is 0.183. The molecule has 0 fully saturated rings. The average molecular weight is 280 g/mol. The Morgan fingerprint density at radius 1 is 1.10 bits per heavy atom. The third-order valence-corrected chi connectivity index (χ3v) is 3.47. The minimum absolute atomic E-state index is 0.183. The Hall–Kier alpha value is -2.59. The molecule has 1 aromatic heterocycles. The maximum atomic E-state index is 12.2. The fraction of sp³-hybridized carbons (Fsp3) is 0.118. The summed E-state index contributed by atoms with van der Waals surface area (Å²) in [7, 11) is 0.